The fourth-order valence-electron chi connectivity index (χ4n) is 1.81. The number of carboxylic acid groups (broad SMARTS) is 1. The van der Waals surface area contributed by atoms with Gasteiger partial charge < -0.3 is 15.7 Å². The molecule has 2 atom stereocenters. The Morgan fingerprint density at radius 3 is 1.94 bits per heavy atom. The van der Waals surface area contributed by atoms with Gasteiger partial charge in [0.2, 0.25) is 0 Å². The molecule has 0 saturated heterocycles. The summed E-state index contributed by atoms with van der Waals surface area (Å²) in [6.07, 6.45) is 0.862. The number of hydrogen-bond acceptors (Lipinski definition) is 2. The topological polar surface area (TPSA) is 78.4 Å². The summed E-state index contributed by atoms with van der Waals surface area (Å²) in [7, 11) is 0. The number of aliphatic carboxylic acids is 1. The van der Waals surface area contributed by atoms with Crippen molar-refractivity contribution in [1.29, 1.82) is 0 Å². The second-order valence-electron chi connectivity index (χ2n) is 6.29. The minimum Gasteiger partial charge on any atom is -0.480 e. The van der Waals surface area contributed by atoms with Crippen molar-refractivity contribution < 1.29 is 14.7 Å². The lowest BCUT2D eigenvalue weighted by Crippen LogP contribution is -2.53. The van der Waals surface area contributed by atoms with Crippen molar-refractivity contribution in [2.45, 2.75) is 60.0 Å². The quantitative estimate of drug-likeness (QED) is 0.707. The van der Waals surface area contributed by atoms with Gasteiger partial charge in [0.25, 0.3) is 0 Å². The number of hydrogen-bond donors (Lipinski definition) is 3. The smallest absolute Gasteiger partial charge is 0.326 e. The van der Waals surface area contributed by atoms with Crippen molar-refractivity contribution in [2.24, 2.45) is 11.3 Å². The van der Waals surface area contributed by atoms with Gasteiger partial charge in [0.1, 0.15) is 6.04 Å². The Morgan fingerprint density at radius 2 is 1.61 bits per heavy atom. The van der Waals surface area contributed by atoms with E-state index in [4.69, 9.17) is 5.11 Å². The summed E-state index contributed by atoms with van der Waals surface area (Å²) in [6, 6.07) is -1.30. The van der Waals surface area contributed by atoms with Crippen LogP contribution in [0.5, 0.6) is 0 Å². The number of amides is 2. The maximum atomic E-state index is 11.7. The van der Waals surface area contributed by atoms with Crippen LogP contribution in [0.2, 0.25) is 0 Å². The third kappa shape index (κ3) is 6.47. The fourth-order valence-corrected chi connectivity index (χ4v) is 1.81. The van der Waals surface area contributed by atoms with Gasteiger partial charge in [-0.1, -0.05) is 34.6 Å². The monoisotopic (exact) mass is 258 g/mol. The van der Waals surface area contributed by atoms with Crippen LogP contribution in [0.4, 0.5) is 4.79 Å². The van der Waals surface area contributed by atoms with E-state index in [9.17, 15) is 9.59 Å². The van der Waals surface area contributed by atoms with Gasteiger partial charge in [0.15, 0.2) is 0 Å². The van der Waals surface area contributed by atoms with Gasteiger partial charge >= 0.3 is 12.0 Å². The number of carboxylic acids is 1. The molecule has 0 heterocycles. The second-order valence-corrected chi connectivity index (χ2v) is 6.29. The molecule has 3 N–H and O–H groups in total. The number of urea groups is 1. The van der Waals surface area contributed by atoms with Crippen LogP contribution in [0.1, 0.15) is 48.0 Å². The first-order valence-corrected chi connectivity index (χ1v) is 6.34. The summed E-state index contributed by atoms with van der Waals surface area (Å²) in [5.41, 5.74) is -0.523. The molecule has 18 heavy (non-hydrogen) atoms. The summed E-state index contributed by atoms with van der Waals surface area (Å²) in [5.74, 6) is -0.535. The molecule has 0 fully saturated rings. The molecule has 2 amide bonds. The molecule has 0 aromatic heterocycles. The largest absolute Gasteiger partial charge is 0.480 e. The van der Waals surface area contributed by atoms with Crippen LogP contribution >= 0.6 is 0 Å². The van der Waals surface area contributed by atoms with E-state index in [1.165, 1.54) is 0 Å². The molecule has 0 aliphatic heterocycles. The van der Waals surface area contributed by atoms with Crippen molar-refractivity contribution in [1.82, 2.24) is 10.6 Å². The number of rotatable bonds is 5. The van der Waals surface area contributed by atoms with Crippen LogP contribution in [0.25, 0.3) is 0 Å². The highest BCUT2D eigenvalue weighted by atomic mass is 16.4. The Morgan fingerprint density at radius 1 is 1.11 bits per heavy atom. The van der Waals surface area contributed by atoms with Crippen LogP contribution < -0.4 is 10.6 Å². The Hall–Kier alpha value is -1.26. The van der Waals surface area contributed by atoms with Crippen LogP contribution in [0.3, 0.4) is 0 Å². The Kier molecular flexibility index (Phi) is 6.15. The van der Waals surface area contributed by atoms with Crippen molar-refractivity contribution >= 4 is 12.0 Å². The van der Waals surface area contributed by atoms with Crippen molar-refractivity contribution in [3.63, 3.8) is 0 Å². The maximum Gasteiger partial charge on any atom is 0.326 e. The molecule has 0 rings (SSSR count). The molecule has 0 spiro atoms. The van der Waals surface area contributed by atoms with E-state index in [0.29, 0.717) is 5.92 Å². The average molecular weight is 258 g/mol. The van der Waals surface area contributed by atoms with E-state index >= 15 is 0 Å². The average Bonchev–Trinajstić information content (AvgIpc) is 2.09. The molecule has 1 unspecified atom stereocenters. The first-order chi connectivity index (χ1) is 8.04. The maximum absolute atomic E-state index is 11.7. The molecule has 0 aromatic carbocycles. The van der Waals surface area contributed by atoms with E-state index in [2.05, 4.69) is 24.5 Å². The van der Waals surface area contributed by atoms with Crippen molar-refractivity contribution in [3.05, 3.63) is 0 Å². The van der Waals surface area contributed by atoms with Crippen LogP contribution in [-0.4, -0.2) is 29.2 Å². The summed E-state index contributed by atoms with van der Waals surface area (Å²) in [5, 5.41) is 14.4. The third-order valence-electron chi connectivity index (χ3n) is 2.59. The molecule has 0 aromatic rings. The van der Waals surface area contributed by atoms with E-state index in [0.717, 1.165) is 6.42 Å². The highest BCUT2D eigenvalue weighted by Gasteiger charge is 2.32. The highest BCUT2D eigenvalue weighted by molar-refractivity contribution is 5.83. The zero-order valence-corrected chi connectivity index (χ0v) is 12.2. The van der Waals surface area contributed by atoms with Gasteiger partial charge in [-0.2, -0.15) is 0 Å². The second kappa shape index (κ2) is 6.61. The SMILES string of the molecule is CC(C)CC(C)NC(=O)N[C@@H](C(=O)O)C(C)(C)C. The zero-order chi connectivity index (χ0) is 14.5. The molecular formula is C13H26N2O3. The molecule has 0 bridgehead atoms. The predicted octanol–water partition coefficient (Wildman–Crippen LogP) is 2.22. The van der Waals surface area contributed by atoms with Gasteiger partial charge in [-0.15, -0.1) is 0 Å². The van der Waals surface area contributed by atoms with E-state index in [1.807, 2.05) is 6.92 Å². The Bertz CT molecular complexity index is 295. The van der Waals surface area contributed by atoms with Gasteiger partial charge in [-0.05, 0) is 24.7 Å². The van der Waals surface area contributed by atoms with Gasteiger partial charge in [-0.25, -0.2) is 9.59 Å². The summed E-state index contributed by atoms with van der Waals surface area (Å²) < 4.78 is 0. The predicted molar refractivity (Wildman–Crippen MR) is 71.5 cm³/mol. The van der Waals surface area contributed by atoms with Crippen LogP contribution in [-0.2, 0) is 4.79 Å². The first-order valence-electron chi connectivity index (χ1n) is 6.34. The fraction of sp³-hybridized carbons (Fsp3) is 0.846. The lowest BCUT2D eigenvalue weighted by Gasteiger charge is -2.28. The van der Waals surface area contributed by atoms with Gasteiger partial charge in [0, 0.05) is 6.04 Å². The Balaban J connectivity index is 4.41. The number of carbonyl (C=O) groups excluding carboxylic acids is 1. The molecule has 5 heteroatoms. The molecule has 0 aliphatic rings. The van der Waals surface area contributed by atoms with Gasteiger partial charge in [0.05, 0.1) is 0 Å². The summed E-state index contributed by atoms with van der Waals surface area (Å²) in [6.45, 7) is 11.4. The molecule has 106 valence electrons. The van der Waals surface area contributed by atoms with E-state index in [1.54, 1.807) is 20.8 Å². The minimum atomic E-state index is -1.02. The first kappa shape index (κ1) is 16.7. The van der Waals surface area contributed by atoms with Gasteiger partial charge in [-0.3, -0.25) is 0 Å². The highest BCUT2D eigenvalue weighted by Crippen LogP contribution is 2.19. The normalized spacial score (nSPS) is 15.1. The minimum absolute atomic E-state index is 0.0272. The third-order valence-corrected chi connectivity index (χ3v) is 2.59. The van der Waals surface area contributed by atoms with E-state index in [-0.39, 0.29) is 6.04 Å². The van der Waals surface area contributed by atoms with Crippen molar-refractivity contribution in [2.75, 3.05) is 0 Å². The van der Waals surface area contributed by atoms with E-state index < -0.39 is 23.5 Å². The van der Waals surface area contributed by atoms with Crippen molar-refractivity contribution in [3.8, 4) is 0 Å². The summed E-state index contributed by atoms with van der Waals surface area (Å²) >= 11 is 0. The zero-order valence-electron chi connectivity index (χ0n) is 12.2. The molecule has 5 nitrogen and oxygen atoms in total. The summed E-state index contributed by atoms with van der Waals surface area (Å²) in [4.78, 5) is 22.8. The lowest BCUT2D eigenvalue weighted by atomic mass is 9.87. The molecule has 0 saturated carbocycles. The molecule has 0 aliphatic carbocycles. The Labute approximate surface area is 109 Å². The lowest BCUT2D eigenvalue weighted by molar-refractivity contribution is -0.141. The van der Waals surface area contributed by atoms with Crippen LogP contribution in [0.15, 0.2) is 0 Å². The standard InChI is InChI=1S/C13H26N2O3/c1-8(2)7-9(3)14-12(18)15-10(11(16)17)13(4,5)6/h8-10H,7H2,1-6H3,(H,16,17)(H2,14,15,18)/t9?,10-/m0/s1. The molecular weight excluding hydrogens is 232 g/mol. The number of carbonyl (C=O) groups is 2. The number of nitrogens with one attached hydrogen (secondary N) is 2. The van der Waals surface area contributed by atoms with Crippen LogP contribution in [0, 0.1) is 11.3 Å². The molecule has 0 radical (unpaired) electrons.